The molecule has 2 heterocycles. The van der Waals surface area contributed by atoms with E-state index in [1.165, 1.54) is 0 Å². The second-order valence-electron chi connectivity index (χ2n) is 7.14. The van der Waals surface area contributed by atoms with Crippen molar-refractivity contribution in [3.05, 3.63) is 82.3 Å². The van der Waals surface area contributed by atoms with Gasteiger partial charge in [0.1, 0.15) is 12.4 Å². The number of carbonyl (C=O) groups excluding carboxylic acids is 1. The van der Waals surface area contributed by atoms with Gasteiger partial charge in [0, 0.05) is 30.6 Å². The molecule has 0 unspecified atom stereocenters. The molecule has 3 aromatic rings. The lowest BCUT2D eigenvalue weighted by atomic mass is 10.1. The molecule has 1 atom stereocenters. The molecule has 1 fully saturated rings. The van der Waals surface area contributed by atoms with Gasteiger partial charge in [0.25, 0.3) is 5.91 Å². The predicted molar refractivity (Wildman–Crippen MR) is 117 cm³/mol. The molecule has 156 valence electrons. The van der Waals surface area contributed by atoms with Crippen LogP contribution in [-0.4, -0.2) is 48.6 Å². The number of thiazole rings is 1. The van der Waals surface area contributed by atoms with E-state index >= 15 is 0 Å². The fourth-order valence-corrected chi connectivity index (χ4v) is 3.91. The first-order valence-electron chi connectivity index (χ1n) is 10.0. The summed E-state index contributed by atoms with van der Waals surface area (Å²) in [6.07, 6.45) is 0. The predicted octanol–water partition coefficient (Wildman–Crippen LogP) is 3.53. The number of carbonyl (C=O) groups is 1. The van der Waals surface area contributed by atoms with Crippen molar-refractivity contribution in [2.75, 3.05) is 32.8 Å². The van der Waals surface area contributed by atoms with Gasteiger partial charge in [-0.2, -0.15) is 0 Å². The van der Waals surface area contributed by atoms with Crippen LogP contribution in [0.1, 0.15) is 27.7 Å². The highest BCUT2D eigenvalue weighted by Gasteiger charge is 2.20. The van der Waals surface area contributed by atoms with Gasteiger partial charge in [0.2, 0.25) is 0 Å². The van der Waals surface area contributed by atoms with Crippen LogP contribution in [-0.2, 0) is 11.3 Å². The third-order valence-corrected chi connectivity index (χ3v) is 5.67. The van der Waals surface area contributed by atoms with Gasteiger partial charge in [0.05, 0.1) is 30.5 Å². The van der Waals surface area contributed by atoms with E-state index in [4.69, 9.17) is 9.47 Å². The Morgan fingerprint density at radius 3 is 2.60 bits per heavy atom. The summed E-state index contributed by atoms with van der Waals surface area (Å²) < 4.78 is 11.2. The number of rotatable bonds is 8. The number of amides is 1. The lowest BCUT2D eigenvalue weighted by Gasteiger charge is -2.31. The third kappa shape index (κ3) is 5.66. The van der Waals surface area contributed by atoms with Crippen LogP contribution in [0.4, 0.5) is 0 Å². The maximum atomic E-state index is 12.9. The van der Waals surface area contributed by atoms with Gasteiger partial charge < -0.3 is 14.8 Å². The smallest absolute Gasteiger partial charge is 0.251 e. The van der Waals surface area contributed by atoms with Gasteiger partial charge in [-0.25, -0.2) is 4.98 Å². The van der Waals surface area contributed by atoms with Crippen molar-refractivity contribution in [3.63, 3.8) is 0 Å². The van der Waals surface area contributed by atoms with E-state index in [1.54, 1.807) is 29.0 Å². The standard InChI is InChI=1S/C23H25N3O3S/c27-23(19-6-8-21(9-7-19)29-15-20-16-30-17-24-20)25-22(18-4-2-1-3-5-18)14-26-10-12-28-13-11-26/h1-9,16-17,22H,10-15H2,(H,25,27)/t22-/m0/s1. The Balaban J connectivity index is 1.39. The molecular formula is C23H25N3O3S. The monoisotopic (exact) mass is 423 g/mol. The number of nitrogens with zero attached hydrogens (tertiary/aromatic N) is 2. The molecule has 4 rings (SSSR count). The molecule has 1 saturated heterocycles. The first kappa shape index (κ1) is 20.5. The zero-order chi connectivity index (χ0) is 20.6. The summed E-state index contributed by atoms with van der Waals surface area (Å²) in [5, 5.41) is 5.16. The van der Waals surface area contributed by atoms with Crippen LogP contribution in [0.25, 0.3) is 0 Å². The average molecular weight is 424 g/mol. The summed E-state index contributed by atoms with van der Waals surface area (Å²) in [6.45, 7) is 4.41. The molecule has 1 amide bonds. The van der Waals surface area contributed by atoms with Gasteiger partial charge in [-0.15, -0.1) is 11.3 Å². The molecule has 0 radical (unpaired) electrons. The zero-order valence-electron chi connectivity index (χ0n) is 16.7. The van der Waals surface area contributed by atoms with Crippen molar-refractivity contribution < 1.29 is 14.3 Å². The molecule has 30 heavy (non-hydrogen) atoms. The highest BCUT2D eigenvalue weighted by atomic mass is 32.1. The summed E-state index contributed by atoms with van der Waals surface area (Å²) >= 11 is 1.54. The quantitative estimate of drug-likeness (QED) is 0.601. The Kier molecular flexibility index (Phi) is 7.07. The number of aromatic nitrogens is 1. The molecule has 1 N–H and O–H groups in total. The average Bonchev–Trinajstić information content (AvgIpc) is 3.33. The van der Waals surface area contributed by atoms with Crippen LogP contribution in [0.3, 0.4) is 0 Å². The molecule has 6 nitrogen and oxygen atoms in total. The Morgan fingerprint density at radius 1 is 1.13 bits per heavy atom. The van der Waals surface area contributed by atoms with E-state index in [1.807, 2.05) is 35.7 Å². The SMILES string of the molecule is O=C(N[C@@H](CN1CCOCC1)c1ccccc1)c1ccc(OCc2cscn2)cc1. The van der Waals surface area contributed by atoms with E-state index in [0.717, 1.165) is 44.1 Å². The van der Waals surface area contributed by atoms with Crippen molar-refractivity contribution in [1.29, 1.82) is 0 Å². The van der Waals surface area contributed by atoms with Crippen LogP contribution >= 0.6 is 11.3 Å². The van der Waals surface area contributed by atoms with E-state index < -0.39 is 0 Å². The molecule has 1 aliphatic rings. The number of nitrogens with one attached hydrogen (secondary N) is 1. The number of ether oxygens (including phenoxy) is 2. The van der Waals surface area contributed by atoms with Crippen LogP contribution in [0, 0.1) is 0 Å². The first-order valence-corrected chi connectivity index (χ1v) is 11.0. The lowest BCUT2D eigenvalue weighted by molar-refractivity contribution is 0.0332. The Labute approximate surface area is 180 Å². The van der Waals surface area contributed by atoms with Crippen LogP contribution in [0.5, 0.6) is 5.75 Å². The molecule has 0 aliphatic carbocycles. The van der Waals surface area contributed by atoms with E-state index in [-0.39, 0.29) is 11.9 Å². The van der Waals surface area contributed by atoms with Crippen molar-refractivity contribution in [3.8, 4) is 5.75 Å². The van der Waals surface area contributed by atoms with Crippen molar-refractivity contribution in [1.82, 2.24) is 15.2 Å². The Hall–Kier alpha value is -2.74. The number of hydrogen-bond acceptors (Lipinski definition) is 6. The number of morpholine rings is 1. The topological polar surface area (TPSA) is 63.7 Å². The van der Waals surface area contributed by atoms with Gasteiger partial charge in [0.15, 0.2) is 0 Å². The second-order valence-corrected chi connectivity index (χ2v) is 7.86. The largest absolute Gasteiger partial charge is 0.487 e. The molecule has 2 aromatic carbocycles. The minimum atomic E-state index is -0.0943. The molecular weight excluding hydrogens is 398 g/mol. The first-order chi connectivity index (χ1) is 14.8. The van der Waals surface area contributed by atoms with Gasteiger partial charge in [-0.1, -0.05) is 30.3 Å². The van der Waals surface area contributed by atoms with Crippen LogP contribution < -0.4 is 10.1 Å². The summed E-state index contributed by atoms with van der Waals surface area (Å²) in [5.74, 6) is 0.621. The molecule has 0 spiro atoms. The zero-order valence-corrected chi connectivity index (χ0v) is 17.5. The van der Waals surface area contributed by atoms with Crippen LogP contribution in [0.2, 0.25) is 0 Å². The highest BCUT2D eigenvalue weighted by Crippen LogP contribution is 2.18. The van der Waals surface area contributed by atoms with E-state index in [9.17, 15) is 4.79 Å². The maximum Gasteiger partial charge on any atom is 0.251 e. The Morgan fingerprint density at radius 2 is 1.90 bits per heavy atom. The summed E-state index contributed by atoms with van der Waals surface area (Å²) in [5.41, 5.74) is 4.39. The minimum Gasteiger partial charge on any atom is -0.487 e. The third-order valence-electron chi connectivity index (χ3n) is 5.04. The van der Waals surface area contributed by atoms with E-state index in [2.05, 4.69) is 27.3 Å². The molecule has 0 bridgehead atoms. The Bertz CT molecular complexity index is 911. The fourth-order valence-electron chi connectivity index (χ4n) is 3.37. The molecule has 0 saturated carbocycles. The van der Waals surface area contributed by atoms with Crippen molar-refractivity contribution in [2.45, 2.75) is 12.6 Å². The highest BCUT2D eigenvalue weighted by molar-refractivity contribution is 7.07. The number of benzene rings is 2. The maximum absolute atomic E-state index is 12.9. The van der Waals surface area contributed by atoms with Crippen molar-refractivity contribution >= 4 is 17.2 Å². The van der Waals surface area contributed by atoms with E-state index in [0.29, 0.717) is 17.9 Å². The van der Waals surface area contributed by atoms with Crippen molar-refractivity contribution in [2.24, 2.45) is 0 Å². The molecule has 1 aromatic heterocycles. The normalized spacial score (nSPS) is 15.5. The molecule has 1 aliphatic heterocycles. The molecule has 7 heteroatoms. The lowest BCUT2D eigenvalue weighted by Crippen LogP contribution is -2.43. The summed E-state index contributed by atoms with van der Waals surface area (Å²) in [6, 6.07) is 17.2. The summed E-state index contributed by atoms with van der Waals surface area (Å²) in [4.78, 5) is 19.5. The number of hydrogen-bond donors (Lipinski definition) is 1. The van der Waals surface area contributed by atoms with Gasteiger partial charge >= 0.3 is 0 Å². The minimum absolute atomic E-state index is 0.0857. The second kappa shape index (κ2) is 10.3. The van der Waals surface area contributed by atoms with Gasteiger partial charge in [-0.05, 0) is 29.8 Å². The summed E-state index contributed by atoms with van der Waals surface area (Å²) in [7, 11) is 0. The fraction of sp³-hybridized carbons (Fsp3) is 0.304. The van der Waals surface area contributed by atoms with Gasteiger partial charge in [-0.3, -0.25) is 9.69 Å². The van der Waals surface area contributed by atoms with Crippen LogP contribution in [0.15, 0.2) is 65.5 Å².